The molecular formula is C22H29N3O4. The number of nitrogens with zero attached hydrogens (tertiary/aromatic N) is 3. The van der Waals surface area contributed by atoms with Gasteiger partial charge in [0.25, 0.3) is 5.91 Å². The minimum atomic E-state index is -0.446. The normalized spacial score (nSPS) is 14.1. The second-order valence-corrected chi connectivity index (χ2v) is 7.14. The van der Waals surface area contributed by atoms with Crippen LogP contribution < -0.4 is 9.64 Å². The fourth-order valence-electron chi connectivity index (χ4n) is 3.88. The first kappa shape index (κ1) is 20.8. The van der Waals surface area contributed by atoms with Crippen LogP contribution in [-0.4, -0.2) is 61.2 Å². The van der Waals surface area contributed by atoms with E-state index in [0.29, 0.717) is 31.7 Å². The Hall–Kier alpha value is -2.96. The summed E-state index contributed by atoms with van der Waals surface area (Å²) in [6.45, 7) is 9.02. The van der Waals surface area contributed by atoms with Crippen molar-refractivity contribution in [2.24, 2.45) is 0 Å². The number of hydrogen-bond donors (Lipinski definition) is 0. The molecule has 0 radical (unpaired) electrons. The summed E-state index contributed by atoms with van der Waals surface area (Å²) in [6.07, 6.45) is 0. The van der Waals surface area contributed by atoms with Gasteiger partial charge in [0.1, 0.15) is 5.75 Å². The molecule has 7 nitrogen and oxygen atoms in total. The number of piperazine rings is 1. The van der Waals surface area contributed by atoms with E-state index < -0.39 is 5.97 Å². The second-order valence-electron chi connectivity index (χ2n) is 7.14. The van der Waals surface area contributed by atoms with Gasteiger partial charge in [-0.05, 0) is 39.0 Å². The molecule has 29 heavy (non-hydrogen) atoms. The molecule has 7 heteroatoms. The Kier molecular flexibility index (Phi) is 6.46. The Balaban J connectivity index is 1.53. The lowest BCUT2D eigenvalue weighted by Crippen LogP contribution is -2.50. The number of aromatic nitrogens is 1. The minimum Gasteiger partial charge on any atom is -0.495 e. The van der Waals surface area contributed by atoms with Gasteiger partial charge in [-0.3, -0.25) is 4.79 Å². The molecule has 0 aliphatic carbocycles. The highest BCUT2D eigenvalue weighted by molar-refractivity contribution is 5.92. The van der Waals surface area contributed by atoms with Crippen LogP contribution in [0.1, 0.15) is 28.7 Å². The average Bonchev–Trinajstić information content (AvgIpc) is 3.05. The predicted octanol–water partition coefficient (Wildman–Crippen LogP) is 2.64. The van der Waals surface area contributed by atoms with Gasteiger partial charge < -0.3 is 23.8 Å². The van der Waals surface area contributed by atoms with Gasteiger partial charge in [0.2, 0.25) is 0 Å². The van der Waals surface area contributed by atoms with E-state index in [9.17, 15) is 9.59 Å². The highest BCUT2D eigenvalue weighted by atomic mass is 16.5. The summed E-state index contributed by atoms with van der Waals surface area (Å²) < 4.78 is 12.8. The third-order valence-corrected chi connectivity index (χ3v) is 5.49. The molecule has 0 unspecified atom stereocenters. The van der Waals surface area contributed by atoms with Gasteiger partial charge >= 0.3 is 5.97 Å². The zero-order chi connectivity index (χ0) is 21.0. The van der Waals surface area contributed by atoms with Crippen molar-refractivity contribution in [1.29, 1.82) is 0 Å². The first-order valence-corrected chi connectivity index (χ1v) is 9.95. The van der Waals surface area contributed by atoms with Crippen molar-refractivity contribution in [3.8, 4) is 5.75 Å². The van der Waals surface area contributed by atoms with Crippen molar-refractivity contribution in [1.82, 2.24) is 9.47 Å². The topological polar surface area (TPSA) is 64.0 Å². The maximum Gasteiger partial charge on any atom is 0.340 e. The van der Waals surface area contributed by atoms with Crippen molar-refractivity contribution in [3.63, 3.8) is 0 Å². The van der Waals surface area contributed by atoms with Gasteiger partial charge in [-0.1, -0.05) is 12.1 Å². The van der Waals surface area contributed by atoms with Crippen molar-refractivity contribution >= 4 is 17.6 Å². The molecule has 3 rings (SSSR count). The van der Waals surface area contributed by atoms with E-state index in [1.54, 1.807) is 12.0 Å². The van der Waals surface area contributed by atoms with Crippen LogP contribution in [0.15, 0.2) is 30.3 Å². The van der Waals surface area contributed by atoms with Gasteiger partial charge in [-0.2, -0.15) is 0 Å². The predicted molar refractivity (Wildman–Crippen MR) is 112 cm³/mol. The number of carbonyl (C=O) groups is 2. The smallest absolute Gasteiger partial charge is 0.340 e. The Morgan fingerprint density at radius 2 is 1.76 bits per heavy atom. The van der Waals surface area contributed by atoms with Crippen LogP contribution in [0, 0.1) is 13.8 Å². The van der Waals surface area contributed by atoms with Crippen LogP contribution in [0.4, 0.5) is 5.69 Å². The number of amides is 1. The summed E-state index contributed by atoms with van der Waals surface area (Å²) in [5.74, 6) is 0.215. The SMILES string of the molecule is CCn1c(C)cc(C(=O)OCC(=O)N2CCN(c3ccccc3OC)CC2)c1C. The lowest BCUT2D eigenvalue weighted by atomic mass is 10.2. The van der Waals surface area contributed by atoms with E-state index in [1.165, 1.54) is 0 Å². The molecule has 1 saturated heterocycles. The van der Waals surface area contributed by atoms with Gasteiger partial charge in [-0.15, -0.1) is 0 Å². The molecule has 0 atom stereocenters. The number of methoxy groups -OCH3 is 1. The molecule has 0 saturated carbocycles. The highest BCUT2D eigenvalue weighted by Gasteiger charge is 2.24. The molecule has 0 N–H and O–H groups in total. The van der Waals surface area contributed by atoms with Crippen LogP contribution in [0.2, 0.25) is 0 Å². The summed E-state index contributed by atoms with van der Waals surface area (Å²) in [5, 5.41) is 0. The van der Waals surface area contributed by atoms with E-state index in [0.717, 1.165) is 29.4 Å². The van der Waals surface area contributed by atoms with Crippen LogP contribution in [0.3, 0.4) is 0 Å². The van der Waals surface area contributed by atoms with Crippen molar-refractivity contribution < 1.29 is 19.1 Å². The number of rotatable bonds is 6. The van der Waals surface area contributed by atoms with Crippen molar-refractivity contribution in [3.05, 3.63) is 47.3 Å². The lowest BCUT2D eigenvalue weighted by Gasteiger charge is -2.36. The molecule has 2 heterocycles. The van der Waals surface area contributed by atoms with Gasteiger partial charge in [0, 0.05) is 44.1 Å². The Morgan fingerprint density at radius 3 is 2.38 bits per heavy atom. The molecule has 2 aromatic rings. The number of esters is 1. The number of anilines is 1. The summed E-state index contributed by atoms with van der Waals surface area (Å²) >= 11 is 0. The molecule has 0 spiro atoms. The first-order chi connectivity index (χ1) is 14.0. The number of carbonyl (C=O) groups excluding carboxylic acids is 2. The monoisotopic (exact) mass is 399 g/mol. The molecule has 1 aliphatic rings. The highest BCUT2D eigenvalue weighted by Crippen LogP contribution is 2.28. The molecule has 1 aromatic carbocycles. The zero-order valence-electron chi connectivity index (χ0n) is 17.6. The van der Waals surface area contributed by atoms with Gasteiger partial charge in [0.15, 0.2) is 6.61 Å². The zero-order valence-corrected chi connectivity index (χ0v) is 17.6. The number of para-hydroxylation sites is 2. The van der Waals surface area contributed by atoms with Crippen molar-refractivity contribution in [2.75, 3.05) is 44.8 Å². The quantitative estimate of drug-likeness (QED) is 0.699. The summed E-state index contributed by atoms with van der Waals surface area (Å²) in [5.41, 5.74) is 3.43. The third-order valence-electron chi connectivity index (χ3n) is 5.49. The first-order valence-electron chi connectivity index (χ1n) is 9.95. The molecule has 0 bridgehead atoms. The average molecular weight is 399 g/mol. The number of benzene rings is 1. The Bertz CT molecular complexity index is 882. The third kappa shape index (κ3) is 4.39. The van der Waals surface area contributed by atoms with E-state index in [1.807, 2.05) is 51.1 Å². The Morgan fingerprint density at radius 1 is 1.07 bits per heavy atom. The molecule has 1 fully saturated rings. The van der Waals surface area contributed by atoms with Crippen LogP contribution >= 0.6 is 0 Å². The molecular weight excluding hydrogens is 370 g/mol. The van der Waals surface area contributed by atoms with Gasteiger partial charge in [-0.25, -0.2) is 4.79 Å². The molecule has 1 amide bonds. The summed E-state index contributed by atoms with van der Waals surface area (Å²) in [7, 11) is 1.66. The van der Waals surface area contributed by atoms with Crippen LogP contribution in [0.25, 0.3) is 0 Å². The maximum atomic E-state index is 12.5. The minimum absolute atomic E-state index is 0.165. The molecule has 156 valence electrons. The molecule has 1 aliphatic heterocycles. The molecule has 1 aromatic heterocycles. The largest absolute Gasteiger partial charge is 0.495 e. The van der Waals surface area contributed by atoms with Gasteiger partial charge in [0.05, 0.1) is 18.4 Å². The van der Waals surface area contributed by atoms with Crippen LogP contribution in [-0.2, 0) is 16.1 Å². The van der Waals surface area contributed by atoms with Crippen molar-refractivity contribution in [2.45, 2.75) is 27.3 Å². The van der Waals surface area contributed by atoms with E-state index in [4.69, 9.17) is 9.47 Å². The fraction of sp³-hybridized carbons (Fsp3) is 0.455. The maximum absolute atomic E-state index is 12.5. The standard InChI is InChI=1S/C22H29N3O4/c1-5-25-16(2)14-18(17(25)3)22(27)29-15-21(26)24-12-10-23(11-13-24)19-8-6-7-9-20(19)28-4/h6-9,14H,5,10-13,15H2,1-4H3. The lowest BCUT2D eigenvalue weighted by molar-refractivity contribution is -0.134. The summed E-state index contributed by atoms with van der Waals surface area (Å²) in [6, 6.07) is 9.68. The number of hydrogen-bond acceptors (Lipinski definition) is 5. The fourth-order valence-corrected chi connectivity index (χ4v) is 3.88. The number of aryl methyl sites for hydroxylation is 1. The summed E-state index contributed by atoms with van der Waals surface area (Å²) in [4.78, 5) is 28.9. The van der Waals surface area contributed by atoms with E-state index in [-0.39, 0.29) is 12.5 Å². The van der Waals surface area contributed by atoms with E-state index in [2.05, 4.69) is 9.47 Å². The Labute approximate surface area is 171 Å². The number of ether oxygens (including phenoxy) is 2. The van der Waals surface area contributed by atoms with E-state index >= 15 is 0 Å². The second kappa shape index (κ2) is 9.03. The van der Waals surface area contributed by atoms with Crippen LogP contribution in [0.5, 0.6) is 5.75 Å².